The van der Waals surface area contributed by atoms with Crippen LogP contribution in [0.25, 0.3) is 22.2 Å². The van der Waals surface area contributed by atoms with E-state index >= 15 is 0 Å². The van der Waals surface area contributed by atoms with E-state index in [0.29, 0.717) is 5.69 Å². The van der Waals surface area contributed by atoms with E-state index in [1.54, 1.807) is 0 Å². The van der Waals surface area contributed by atoms with Crippen LogP contribution >= 0.6 is 0 Å². The van der Waals surface area contributed by atoms with E-state index in [2.05, 4.69) is 35.0 Å². The van der Waals surface area contributed by atoms with Crippen molar-refractivity contribution in [3.05, 3.63) is 41.9 Å². The topological polar surface area (TPSA) is 91.1 Å². The minimum absolute atomic E-state index is 0.121. The zero-order valence-corrected chi connectivity index (χ0v) is 15.3. The molecule has 0 unspecified atom stereocenters. The number of fused-ring (bicyclic) bond motifs is 1. The van der Waals surface area contributed by atoms with Gasteiger partial charge in [-0.25, -0.2) is 9.97 Å². The SMILES string of the molecule is Cc1nc(N2CCC(C)(N)CC2)c(CO)nc1-c1ccc2cc[nH]c2c1. The summed E-state index contributed by atoms with van der Waals surface area (Å²) >= 11 is 0. The molecule has 3 heterocycles. The Labute approximate surface area is 153 Å². The Morgan fingerprint density at radius 3 is 2.73 bits per heavy atom. The molecule has 0 bridgehead atoms. The zero-order chi connectivity index (χ0) is 18.3. The van der Waals surface area contributed by atoms with Gasteiger partial charge in [0.2, 0.25) is 0 Å². The van der Waals surface area contributed by atoms with E-state index < -0.39 is 0 Å². The van der Waals surface area contributed by atoms with Crippen LogP contribution in [0.5, 0.6) is 0 Å². The van der Waals surface area contributed by atoms with Crippen LogP contribution in [0, 0.1) is 6.92 Å². The third kappa shape index (κ3) is 3.06. The molecule has 1 aromatic carbocycles. The number of nitrogens with two attached hydrogens (primary N) is 1. The van der Waals surface area contributed by atoms with Gasteiger partial charge >= 0.3 is 0 Å². The number of aromatic nitrogens is 3. The fraction of sp³-hybridized carbons (Fsp3) is 0.400. The smallest absolute Gasteiger partial charge is 0.153 e. The Bertz CT molecular complexity index is 937. The number of aliphatic hydroxyl groups is 1. The molecule has 136 valence electrons. The van der Waals surface area contributed by atoms with E-state index in [1.165, 1.54) is 0 Å². The maximum absolute atomic E-state index is 9.89. The number of aliphatic hydroxyl groups excluding tert-OH is 1. The summed E-state index contributed by atoms with van der Waals surface area (Å²) in [5.41, 5.74) is 10.5. The van der Waals surface area contributed by atoms with Gasteiger partial charge in [0, 0.05) is 35.9 Å². The second kappa shape index (κ2) is 6.37. The minimum Gasteiger partial charge on any atom is -0.390 e. The first-order chi connectivity index (χ1) is 12.5. The Morgan fingerprint density at radius 1 is 1.23 bits per heavy atom. The van der Waals surface area contributed by atoms with Crippen molar-refractivity contribution in [2.75, 3.05) is 18.0 Å². The van der Waals surface area contributed by atoms with Crippen LogP contribution in [0.3, 0.4) is 0 Å². The van der Waals surface area contributed by atoms with Crippen molar-refractivity contribution in [3.8, 4) is 11.3 Å². The summed E-state index contributed by atoms with van der Waals surface area (Å²) in [7, 11) is 0. The van der Waals surface area contributed by atoms with Crippen molar-refractivity contribution in [3.63, 3.8) is 0 Å². The van der Waals surface area contributed by atoms with Gasteiger partial charge in [-0.3, -0.25) is 0 Å². The number of nitrogens with zero attached hydrogens (tertiary/aromatic N) is 3. The summed E-state index contributed by atoms with van der Waals surface area (Å²) in [4.78, 5) is 15.0. The van der Waals surface area contributed by atoms with E-state index in [1.807, 2.05) is 19.2 Å². The van der Waals surface area contributed by atoms with E-state index in [-0.39, 0.29) is 12.1 Å². The second-order valence-electron chi connectivity index (χ2n) is 7.51. The highest BCUT2D eigenvalue weighted by Crippen LogP contribution is 2.30. The Morgan fingerprint density at radius 2 is 2.00 bits per heavy atom. The van der Waals surface area contributed by atoms with Crippen LogP contribution in [-0.2, 0) is 6.61 Å². The van der Waals surface area contributed by atoms with Gasteiger partial charge in [0.05, 0.1) is 18.0 Å². The molecular weight excluding hydrogens is 326 g/mol. The molecule has 1 fully saturated rings. The van der Waals surface area contributed by atoms with Crippen LogP contribution < -0.4 is 10.6 Å². The largest absolute Gasteiger partial charge is 0.390 e. The van der Waals surface area contributed by atoms with Crippen molar-refractivity contribution in [1.29, 1.82) is 0 Å². The highest BCUT2D eigenvalue weighted by Gasteiger charge is 2.28. The molecule has 4 N–H and O–H groups in total. The van der Waals surface area contributed by atoms with Gasteiger partial charge < -0.3 is 20.7 Å². The normalized spacial score (nSPS) is 17.0. The lowest BCUT2D eigenvalue weighted by Gasteiger charge is -2.38. The van der Waals surface area contributed by atoms with Crippen LogP contribution in [0.2, 0.25) is 0 Å². The van der Waals surface area contributed by atoms with E-state index in [0.717, 1.165) is 59.6 Å². The molecule has 0 amide bonds. The van der Waals surface area contributed by atoms with Crippen molar-refractivity contribution in [1.82, 2.24) is 15.0 Å². The number of anilines is 1. The number of nitrogens with one attached hydrogen (secondary N) is 1. The minimum atomic E-state index is -0.128. The fourth-order valence-corrected chi connectivity index (χ4v) is 3.60. The first-order valence-electron chi connectivity index (χ1n) is 9.06. The summed E-state index contributed by atoms with van der Waals surface area (Å²) in [6, 6.07) is 8.24. The Hall–Kier alpha value is -2.44. The van der Waals surface area contributed by atoms with Crippen molar-refractivity contribution < 1.29 is 5.11 Å². The average molecular weight is 351 g/mol. The Balaban J connectivity index is 1.72. The maximum Gasteiger partial charge on any atom is 0.153 e. The van der Waals surface area contributed by atoms with Crippen LogP contribution in [-0.4, -0.2) is 38.7 Å². The van der Waals surface area contributed by atoms with Crippen molar-refractivity contribution >= 4 is 16.7 Å². The van der Waals surface area contributed by atoms with Crippen molar-refractivity contribution in [2.24, 2.45) is 5.73 Å². The molecule has 1 saturated heterocycles. The molecule has 4 rings (SSSR count). The van der Waals surface area contributed by atoms with Gasteiger partial charge in [-0.05, 0) is 44.2 Å². The first kappa shape index (κ1) is 17.0. The number of aryl methyl sites for hydroxylation is 1. The van der Waals surface area contributed by atoms with Gasteiger partial charge in [0.15, 0.2) is 5.82 Å². The predicted molar refractivity (Wildman–Crippen MR) is 104 cm³/mol. The highest BCUT2D eigenvalue weighted by molar-refractivity contribution is 5.84. The van der Waals surface area contributed by atoms with Crippen LogP contribution in [0.4, 0.5) is 5.82 Å². The van der Waals surface area contributed by atoms with Gasteiger partial charge in [-0.15, -0.1) is 0 Å². The van der Waals surface area contributed by atoms with Crippen LogP contribution in [0.1, 0.15) is 31.2 Å². The van der Waals surface area contributed by atoms with Gasteiger partial charge in [-0.1, -0.05) is 12.1 Å². The zero-order valence-electron chi connectivity index (χ0n) is 15.3. The molecule has 26 heavy (non-hydrogen) atoms. The number of H-pyrrole nitrogens is 1. The molecule has 3 aromatic rings. The lowest BCUT2D eigenvalue weighted by Crippen LogP contribution is -2.48. The molecule has 0 aliphatic carbocycles. The van der Waals surface area contributed by atoms with Gasteiger partial charge in [0.25, 0.3) is 0 Å². The molecule has 1 aliphatic heterocycles. The molecule has 6 heteroatoms. The highest BCUT2D eigenvalue weighted by atomic mass is 16.3. The maximum atomic E-state index is 9.89. The van der Waals surface area contributed by atoms with Gasteiger partial charge in [-0.2, -0.15) is 0 Å². The van der Waals surface area contributed by atoms with E-state index in [9.17, 15) is 5.11 Å². The number of benzene rings is 1. The third-order valence-corrected chi connectivity index (χ3v) is 5.30. The van der Waals surface area contributed by atoms with E-state index in [4.69, 9.17) is 15.7 Å². The predicted octanol–water partition coefficient (Wildman–Crippen LogP) is 2.74. The molecular formula is C20H25N5O. The summed E-state index contributed by atoms with van der Waals surface area (Å²) in [5.74, 6) is 0.783. The molecule has 0 spiro atoms. The summed E-state index contributed by atoms with van der Waals surface area (Å²) in [5, 5.41) is 11.1. The quantitative estimate of drug-likeness (QED) is 0.675. The first-order valence-corrected chi connectivity index (χ1v) is 9.06. The lowest BCUT2D eigenvalue weighted by molar-refractivity contribution is 0.275. The molecule has 0 radical (unpaired) electrons. The number of aromatic amines is 1. The molecule has 2 aromatic heterocycles. The second-order valence-corrected chi connectivity index (χ2v) is 7.51. The van der Waals surface area contributed by atoms with Crippen LogP contribution in [0.15, 0.2) is 30.5 Å². The molecule has 6 nitrogen and oxygen atoms in total. The van der Waals surface area contributed by atoms with Crippen molar-refractivity contribution in [2.45, 2.75) is 38.8 Å². The number of rotatable bonds is 3. The molecule has 0 atom stereocenters. The summed E-state index contributed by atoms with van der Waals surface area (Å²) < 4.78 is 0. The summed E-state index contributed by atoms with van der Waals surface area (Å²) in [6.45, 7) is 5.61. The fourth-order valence-electron chi connectivity index (χ4n) is 3.60. The number of hydrogen-bond donors (Lipinski definition) is 3. The number of hydrogen-bond acceptors (Lipinski definition) is 5. The number of piperidine rings is 1. The monoisotopic (exact) mass is 351 g/mol. The lowest BCUT2D eigenvalue weighted by atomic mass is 9.91. The third-order valence-electron chi connectivity index (χ3n) is 5.30. The molecule has 1 aliphatic rings. The Kier molecular flexibility index (Phi) is 4.17. The van der Waals surface area contributed by atoms with Gasteiger partial charge in [0.1, 0.15) is 5.69 Å². The average Bonchev–Trinajstić information content (AvgIpc) is 3.09. The molecule has 0 saturated carbocycles. The standard InChI is InChI=1S/C20H25N5O/c1-13-18(15-4-3-14-5-8-22-16(14)11-15)24-17(12-26)19(23-13)25-9-6-20(2,21)7-10-25/h3-5,8,11,22,26H,6-7,9-10,12,21H2,1-2H3. The summed E-state index contributed by atoms with van der Waals surface area (Å²) in [6.07, 6.45) is 3.74.